The van der Waals surface area contributed by atoms with Gasteiger partial charge in [-0.05, 0) is 6.42 Å². The minimum absolute atomic E-state index is 0.0673. The molecule has 1 N–H and O–H groups in total. The van der Waals surface area contributed by atoms with Crippen LogP contribution in [0.15, 0.2) is 0 Å². The molecule has 1 aliphatic heterocycles. The molecule has 1 rings (SSSR count). The Balaban J connectivity index is 2.51. The van der Waals surface area contributed by atoms with Crippen LogP contribution in [0, 0.1) is 5.92 Å². The molecule has 0 radical (unpaired) electrons. The lowest BCUT2D eigenvalue weighted by molar-refractivity contribution is -0.133. The summed E-state index contributed by atoms with van der Waals surface area (Å²) >= 11 is 0. The third kappa shape index (κ3) is 1.35. The average Bonchev–Trinajstić information content (AvgIpc) is 1.88. The van der Waals surface area contributed by atoms with Crippen LogP contribution < -0.4 is 5.32 Å². The van der Waals surface area contributed by atoms with Crippen LogP contribution in [0.4, 0.5) is 0 Å². The molecule has 1 heterocycles. The van der Waals surface area contributed by atoms with Crippen molar-refractivity contribution in [1.82, 2.24) is 5.32 Å². The van der Waals surface area contributed by atoms with Gasteiger partial charge in [0.15, 0.2) is 0 Å². The highest BCUT2D eigenvalue weighted by Gasteiger charge is 2.24. The molecule has 0 spiro atoms. The molecule has 1 aliphatic rings. The number of ketones is 1. The number of hydrogen-bond acceptors (Lipinski definition) is 2. The molecule has 0 unspecified atom stereocenters. The summed E-state index contributed by atoms with van der Waals surface area (Å²) in [5.74, 6) is 0.0265. The number of Topliss-reactive ketones (excluding diaryl/α,β-unsaturated/α-hetero) is 1. The summed E-state index contributed by atoms with van der Waals surface area (Å²) in [6.07, 6.45) is 0.914. The largest absolute Gasteiger partial charge is 0.355 e. The Morgan fingerprint density at radius 2 is 2.30 bits per heavy atom. The number of carbonyl (C=O) groups is 2. The van der Waals surface area contributed by atoms with Gasteiger partial charge in [-0.2, -0.15) is 0 Å². The SMILES string of the molecule is CC[C@@H]1CNC(=O)CC1=O. The standard InChI is InChI=1S/C7H11NO2/c1-2-5-4-8-7(10)3-6(5)9/h5H,2-4H2,1H3,(H,8,10)/t5-/m1/s1. The second-order valence-electron chi connectivity index (χ2n) is 2.55. The lowest BCUT2D eigenvalue weighted by Crippen LogP contribution is -2.40. The molecule has 1 amide bonds. The van der Waals surface area contributed by atoms with Gasteiger partial charge in [-0.3, -0.25) is 9.59 Å². The van der Waals surface area contributed by atoms with E-state index in [2.05, 4.69) is 5.32 Å². The van der Waals surface area contributed by atoms with Crippen molar-refractivity contribution in [2.24, 2.45) is 5.92 Å². The molecule has 0 saturated carbocycles. The van der Waals surface area contributed by atoms with E-state index in [0.717, 1.165) is 6.42 Å². The summed E-state index contributed by atoms with van der Waals surface area (Å²) in [5.41, 5.74) is 0. The molecule has 1 saturated heterocycles. The van der Waals surface area contributed by atoms with E-state index in [0.29, 0.717) is 6.54 Å². The summed E-state index contributed by atoms with van der Waals surface area (Å²) in [5, 5.41) is 2.65. The van der Waals surface area contributed by atoms with Gasteiger partial charge >= 0.3 is 0 Å². The minimum Gasteiger partial charge on any atom is -0.355 e. The van der Waals surface area contributed by atoms with Crippen molar-refractivity contribution < 1.29 is 9.59 Å². The van der Waals surface area contributed by atoms with Crippen molar-refractivity contribution in [3.05, 3.63) is 0 Å². The highest BCUT2D eigenvalue weighted by atomic mass is 16.2. The maximum atomic E-state index is 11.0. The number of rotatable bonds is 1. The fraction of sp³-hybridized carbons (Fsp3) is 0.714. The molecular formula is C7H11NO2. The Morgan fingerprint density at radius 3 is 2.80 bits per heavy atom. The Hall–Kier alpha value is -0.860. The van der Waals surface area contributed by atoms with Crippen LogP contribution in [-0.4, -0.2) is 18.2 Å². The Labute approximate surface area is 59.8 Å². The van der Waals surface area contributed by atoms with Gasteiger partial charge in [0.05, 0.1) is 6.42 Å². The molecule has 0 aliphatic carbocycles. The molecule has 0 bridgehead atoms. The number of hydrogen-bond donors (Lipinski definition) is 1. The smallest absolute Gasteiger partial charge is 0.227 e. The third-order valence-corrected chi connectivity index (χ3v) is 1.83. The summed E-state index contributed by atoms with van der Waals surface area (Å²) in [7, 11) is 0. The highest BCUT2D eigenvalue weighted by molar-refractivity contribution is 6.01. The average molecular weight is 141 g/mol. The van der Waals surface area contributed by atoms with E-state index >= 15 is 0 Å². The summed E-state index contributed by atoms with van der Waals surface area (Å²) in [6, 6.07) is 0. The van der Waals surface area contributed by atoms with Crippen LogP contribution in [0.25, 0.3) is 0 Å². The van der Waals surface area contributed by atoms with Crippen LogP contribution in [0.5, 0.6) is 0 Å². The first-order valence-electron chi connectivity index (χ1n) is 3.53. The maximum absolute atomic E-state index is 11.0. The molecule has 0 aromatic heterocycles. The number of amides is 1. The number of nitrogens with one attached hydrogen (secondary N) is 1. The molecule has 0 aromatic rings. The van der Waals surface area contributed by atoms with Crippen LogP contribution in [0.3, 0.4) is 0 Å². The molecule has 0 aromatic carbocycles. The first kappa shape index (κ1) is 7.25. The maximum Gasteiger partial charge on any atom is 0.227 e. The molecule has 10 heavy (non-hydrogen) atoms. The van der Waals surface area contributed by atoms with Gasteiger partial charge in [0.1, 0.15) is 5.78 Å². The second-order valence-corrected chi connectivity index (χ2v) is 2.55. The van der Waals surface area contributed by atoms with Crippen molar-refractivity contribution in [2.75, 3.05) is 6.54 Å². The first-order valence-corrected chi connectivity index (χ1v) is 3.53. The number of piperidine rings is 1. The van der Waals surface area contributed by atoms with Crippen molar-refractivity contribution >= 4 is 11.7 Å². The fourth-order valence-corrected chi connectivity index (χ4v) is 1.09. The van der Waals surface area contributed by atoms with Crippen molar-refractivity contribution in [3.8, 4) is 0 Å². The van der Waals surface area contributed by atoms with Gasteiger partial charge in [0.25, 0.3) is 0 Å². The second kappa shape index (κ2) is 2.82. The monoisotopic (exact) mass is 141 g/mol. The van der Waals surface area contributed by atoms with Gasteiger partial charge in [0, 0.05) is 12.5 Å². The van der Waals surface area contributed by atoms with E-state index in [1.807, 2.05) is 6.92 Å². The van der Waals surface area contributed by atoms with E-state index in [1.54, 1.807) is 0 Å². The quantitative estimate of drug-likeness (QED) is 0.526. The van der Waals surface area contributed by atoms with Gasteiger partial charge in [0.2, 0.25) is 5.91 Å². The number of carbonyl (C=O) groups excluding carboxylic acids is 2. The predicted molar refractivity (Wildman–Crippen MR) is 36.4 cm³/mol. The predicted octanol–water partition coefficient (Wildman–Crippen LogP) is 0.102. The zero-order valence-corrected chi connectivity index (χ0v) is 6.02. The van der Waals surface area contributed by atoms with Gasteiger partial charge in [-0.25, -0.2) is 0 Å². The van der Waals surface area contributed by atoms with E-state index in [1.165, 1.54) is 0 Å². The Bertz CT molecular complexity index is 165. The van der Waals surface area contributed by atoms with Crippen LogP contribution >= 0.6 is 0 Å². The Morgan fingerprint density at radius 1 is 1.60 bits per heavy atom. The molecule has 3 heteroatoms. The van der Waals surface area contributed by atoms with Crippen LogP contribution in [-0.2, 0) is 9.59 Å². The molecule has 3 nitrogen and oxygen atoms in total. The molecule has 1 atom stereocenters. The van der Waals surface area contributed by atoms with E-state index in [9.17, 15) is 9.59 Å². The molecule has 56 valence electrons. The van der Waals surface area contributed by atoms with Gasteiger partial charge in [-0.1, -0.05) is 6.92 Å². The first-order chi connectivity index (χ1) is 4.74. The van der Waals surface area contributed by atoms with E-state index < -0.39 is 0 Å². The van der Waals surface area contributed by atoms with E-state index in [-0.39, 0.29) is 24.0 Å². The van der Waals surface area contributed by atoms with Crippen molar-refractivity contribution in [3.63, 3.8) is 0 Å². The van der Waals surface area contributed by atoms with E-state index in [4.69, 9.17) is 0 Å². The minimum atomic E-state index is -0.130. The molecule has 1 fully saturated rings. The zero-order chi connectivity index (χ0) is 7.56. The normalized spacial score (nSPS) is 26.3. The molecular weight excluding hydrogens is 130 g/mol. The summed E-state index contributed by atoms with van der Waals surface area (Å²) in [6.45, 7) is 2.49. The fourth-order valence-electron chi connectivity index (χ4n) is 1.09. The van der Waals surface area contributed by atoms with Gasteiger partial charge in [-0.15, -0.1) is 0 Å². The summed E-state index contributed by atoms with van der Waals surface area (Å²) < 4.78 is 0. The van der Waals surface area contributed by atoms with Crippen LogP contribution in [0.1, 0.15) is 19.8 Å². The Kier molecular flexibility index (Phi) is 2.04. The highest BCUT2D eigenvalue weighted by Crippen LogP contribution is 2.09. The lowest BCUT2D eigenvalue weighted by Gasteiger charge is -2.19. The summed E-state index contributed by atoms with van der Waals surface area (Å²) in [4.78, 5) is 21.6. The van der Waals surface area contributed by atoms with Crippen LogP contribution in [0.2, 0.25) is 0 Å². The van der Waals surface area contributed by atoms with Gasteiger partial charge < -0.3 is 5.32 Å². The topological polar surface area (TPSA) is 46.2 Å². The van der Waals surface area contributed by atoms with Crippen molar-refractivity contribution in [1.29, 1.82) is 0 Å². The zero-order valence-electron chi connectivity index (χ0n) is 6.02. The van der Waals surface area contributed by atoms with Crippen molar-refractivity contribution in [2.45, 2.75) is 19.8 Å². The third-order valence-electron chi connectivity index (χ3n) is 1.83. The lowest BCUT2D eigenvalue weighted by atomic mass is 9.95.